The maximum Gasteiger partial charge on any atom is 0.408 e. The third-order valence-corrected chi connectivity index (χ3v) is 4.08. The second kappa shape index (κ2) is 9.72. The number of aliphatic hydroxyl groups excluding tert-OH is 1. The molecule has 0 radical (unpaired) electrons. The first-order valence-corrected chi connectivity index (χ1v) is 8.67. The number of aromatic nitrogens is 2. The van der Waals surface area contributed by atoms with E-state index in [1.807, 2.05) is 44.2 Å². The lowest BCUT2D eigenvalue weighted by Gasteiger charge is -2.24. The van der Waals surface area contributed by atoms with Crippen molar-refractivity contribution in [1.82, 2.24) is 15.1 Å². The molecule has 146 valence electrons. The Bertz CT molecular complexity index is 745. The molecule has 1 heterocycles. The molecule has 0 spiro atoms. The van der Waals surface area contributed by atoms with E-state index in [0.29, 0.717) is 5.69 Å². The number of carbonyl (C=O) groups is 2. The van der Waals surface area contributed by atoms with Gasteiger partial charge in [0.25, 0.3) is 0 Å². The summed E-state index contributed by atoms with van der Waals surface area (Å²) in [5.74, 6) is -0.543. The molecule has 0 fully saturated rings. The van der Waals surface area contributed by atoms with Crippen molar-refractivity contribution in [1.29, 1.82) is 0 Å². The highest BCUT2D eigenvalue weighted by molar-refractivity contribution is 5.74. The van der Waals surface area contributed by atoms with E-state index in [-0.39, 0.29) is 19.1 Å². The third-order valence-electron chi connectivity index (χ3n) is 4.08. The summed E-state index contributed by atoms with van der Waals surface area (Å²) in [5.41, 5.74) is 1.34. The van der Waals surface area contributed by atoms with Gasteiger partial charge in [0, 0.05) is 6.20 Å². The summed E-state index contributed by atoms with van der Waals surface area (Å²) in [6.45, 7) is 3.46. The number of ether oxygens (including phenoxy) is 2. The number of benzene rings is 1. The molecule has 8 heteroatoms. The number of methoxy groups -OCH3 is 1. The Morgan fingerprint density at radius 2 is 1.93 bits per heavy atom. The van der Waals surface area contributed by atoms with Crippen molar-refractivity contribution in [3.63, 3.8) is 0 Å². The third kappa shape index (κ3) is 5.30. The highest BCUT2D eigenvalue weighted by atomic mass is 16.5. The topological polar surface area (TPSA) is 103 Å². The van der Waals surface area contributed by atoms with Crippen molar-refractivity contribution in [2.75, 3.05) is 13.7 Å². The van der Waals surface area contributed by atoms with E-state index in [0.717, 1.165) is 5.56 Å². The van der Waals surface area contributed by atoms with Crippen LogP contribution < -0.4 is 5.32 Å². The fourth-order valence-corrected chi connectivity index (χ4v) is 2.73. The lowest BCUT2D eigenvalue weighted by Crippen LogP contribution is -2.35. The van der Waals surface area contributed by atoms with Gasteiger partial charge in [0.05, 0.1) is 25.5 Å². The lowest BCUT2D eigenvalue weighted by molar-refractivity contribution is -0.146. The summed E-state index contributed by atoms with van der Waals surface area (Å²) < 4.78 is 11.5. The summed E-state index contributed by atoms with van der Waals surface area (Å²) in [6.07, 6.45) is 0.831. The second-order valence-corrected chi connectivity index (χ2v) is 6.35. The quantitative estimate of drug-likeness (QED) is 0.686. The predicted molar refractivity (Wildman–Crippen MR) is 97.7 cm³/mol. The van der Waals surface area contributed by atoms with Crippen LogP contribution in [0.3, 0.4) is 0 Å². The number of aliphatic hydroxyl groups is 1. The Kier molecular flexibility index (Phi) is 7.36. The van der Waals surface area contributed by atoms with Crippen LogP contribution in [0.4, 0.5) is 4.79 Å². The number of hydrogen-bond donors (Lipinski definition) is 2. The van der Waals surface area contributed by atoms with Crippen molar-refractivity contribution in [3.8, 4) is 0 Å². The van der Waals surface area contributed by atoms with E-state index in [2.05, 4.69) is 10.4 Å². The normalized spacial score (nSPS) is 13.1. The number of nitrogens with zero attached hydrogens (tertiary/aromatic N) is 2. The first kappa shape index (κ1) is 20.4. The number of nitrogens with one attached hydrogen (secondary N) is 1. The molecule has 2 N–H and O–H groups in total. The van der Waals surface area contributed by atoms with E-state index in [4.69, 9.17) is 9.47 Å². The van der Waals surface area contributed by atoms with Gasteiger partial charge in [-0.1, -0.05) is 44.2 Å². The van der Waals surface area contributed by atoms with Gasteiger partial charge in [0.1, 0.15) is 6.61 Å². The van der Waals surface area contributed by atoms with Crippen molar-refractivity contribution >= 4 is 12.1 Å². The molecule has 0 aliphatic heterocycles. The predicted octanol–water partition coefficient (Wildman–Crippen LogP) is 2.21. The molecule has 1 aromatic carbocycles. The summed E-state index contributed by atoms with van der Waals surface area (Å²) in [7, 11) is 1.31. The highest BCUT2D eigenvalue weighted by Gasteiger charge is 2.30. The van der Waals surface area contributed by atoms with E-state index < -0.39 is 24.1 Å². The minimum atomic E-state index is -0.776. The van der Waals surface area contributed by atoms with Gasteiger partial charge in [-0.25, -0.2) is 9.59 Å². The van der Waals surface area contributed by atoms with E-state index in [1.54, 1.807) is 6.07 Å². The molecule has 2 aromatic rings. The van der Waals surface area contributed by atoms with Gasteiger partial charge in [-0.2, -0.15) is 5.10 Å². The van der Waals surface area contributed by atoms with Crippen molar-refractivity contribution in [2.45, 2.75) is 32.5 Å². The van der Waals surface area contributed by atoms with Crippen molar-refractivity contribution in [3.05, 3.63) is 53.9 Å². The van der Waals surface area contributed by atoms with E-state index >= 15 is 0 Å². The molecule has 0 saturated heterocycles. The zero-order valence-corrected chi connectivity index (χ0v) is 15.7. The van der Waals surface area contributed by atoms with Crippen LogP contribution in [-0.2, 0) is 20.9 Å². The summed E-state index contributed by atoms with van der Waals surface area (Å²) in [5, 5.41) is 16.5. The molecule has 8 nitrogen and oxygen atoms in total. The van der Waals surface area contributed by atoms with Gasteiger partial charge in [-0.15, -0.1) is 0 Å². The number of esters is 1. The Morgan fingerprint density at radius 1 is 1.22 bits per heavy atom. The number of alkyl carbamates (subject to hydrolysis) is 1. The van der Waals surface area contributed by atoms with Gasteiger partial charge in [0.15, 0.2) is 6.04 Å². The Morgan fingerprint density at radius 3 is 2.52 bits per heavy atom. The molecule has 1 aromatic heterocycles. The smallest absolute Gasteiger partial charge is 0.408 e. The first-order chi connectivity index (χ1) is 13.0. The van der Waals surface area contributed by atoms with E-state index in [1.165, 1.54) is 18.0 Å². The zero-order chi connectivity index (χ0) is 19.8. The average Bonchev–Trinajstić information content (AvgIpc) is 3.13. The van der Waals surface area contributed by atoms with Crippen LogP contribution in [0, 0.1) is 5.92 Å². The number of amides is 1. The Balaban J connectivity index is 2.10. The maximum absolute atomic E-state index is 12.1. The monoisotopic (exact) mass is 375 g/mol. The molecule has 1 amide bonds. The van der Waals surface area contributed by atoms with Gasteiger partial charge in [-0.3, -0.25) is 4.68 Å². The van der Waals surface area contributed by atoms with Crippen LogP contribution in [0.1, 0.15) is 37.2 Å². The first-order valence-electron chi connectivity index (χ1n) is 8.67. The minimum Gasteiger partial charge on any atom is -0.467 e. The second-order valence-electron chi connectivity index (χ2n) is 6.35. The van der Waals surface area contributed by atoms with Gasteiger partial charge < -0.3 is 19.9 Å². The van der Waals surface area contributed by atoms with Crippen LogP contribution in [0.2, 0.25) is 0 Å². The average molecular weight is 375 g/mol. The fourth-order valence-electron chi connectivity index (χ4n) is 2.73. The zero-order valence-electron chi connectivity index (χ0n) is 15.7. The fraction of sp³-hybridized carbons (Fsp3) is 0.421. The number of carbonyl (C=O) groups excluding carboxylic acids is 2. The maximum atomic E-state index is 12.1. The van der Waals surface area contributed by atoms with Crippen LogP contribution in [0.5, 0.6) is 0 Å². The molecular formula is C19H25N3O5. The SMILES string of the molecule is COC(=O)[C@H](C(C)C)n1nccc1[C@H](CO)NC(=O)OCc1ccccc1. The molecule has 0 aliphatic carbocycles. The van der Waals surface area contributed by atoms with E-state index in [9.17, 15) is 14.7 Å². The lowest BCUT2D eigenvalue weighted by atomic mass is 10.0. The molecule has 2 rings (SSSR count). The van der Waals surface area contributed by atoms with Gasteiger partial charge >= 0.3 is 12.1 Å². The minimum absolute atomic E-state index is 0.0968. The molecule has 2 atom stereocenters. The molecular weight excluding hydrogens is 350 g/mol. The van der Waals surface area contributed by atoms with Gasteiger partial charge in [-0.05, 0) is 17.5 Å². The standard InChI is InChI=1S/C19H25N3O5/c1-13(2)17(18(24)26-3)22-16(9-10-20-22)15(11-23)21-19(25)27-12-14-7-5-4-6-8-14/h4-10,13,15,17,23H,11-12H2,1-3H3,(H,21,25)/t15-,17-/m0/s1. The van der Waals surface area contributed by atoms with Crippen LogP contribution in [0.15, 0.2) is 42.6 Å². The number of hydrogen-bond acceptors (Lipinski definition) is 6. The summed E-state index contributed by atoms with van der Waals surface area (Å²) in [6, 6.07) is 9.45. The molecule has 0 unspecified atom stereocenters. The van der Waals surface area contributed by atoms with Gasteiger partial charge in [0.2, 0.25) is 0 Å². The Hall–Kier alpha value is -2.87. The summed E-state index contributed by atoms with van der Waals surface area (Å²) in [4.78, 5) is 24.3. The summed E-state index contributed by atoms with van der Waals surface area (Å²) >= 11 is 0. The van der Waals surface area contributed by atoms with Crippen LogP contribution in [0.25, 0.3) is 0 Å². The molecule has 0 saturated carbocycles. The Labute approximate surface area is 158 Å². The molecule has 0 bridgehead atoms. The van der Waals surface area contributed by atoms with Crippen LogP contribution in [-0.4, -0.2) is 40.7 Å². The van der Waals surface area contributed by atoms with Crippen molar-refractivity contribution in [2.24, 2.45) is 5.92 Å². The molecule has 27 heavy (non-hydrogen) atoms. The number of rotatable bonds is 8. The largest absolute Gasteiger partial charge is 0.467 e. The molecule has 0 aliphatic rings. The highest BCUT2D eigenvalue weighted by Crippen LogP contribution is 2.24. The van der Waals surface area contributed by atoms with Crippen molar-refractivity contribution < 1.29 is 24.2 Å². The van der Waals surface area contributed by atoms with Crippen LogP contribution >= 0.6 is 0 Å².